The second-order valence-electron chi connectivity index (χ2n) is 2.63. The molecular formula is C8H5F2N3O. The van der Waals surface area contributed by atoms with Gasteiger partial charge < -0.3 is 4.52 Å². The highest BCUT2D eigenvalue weighted by atomic mass is 19.1. The van der Waals surface area contributed by atoms with E-state index in [1.165, 1.54) is 0 Å². The predicted molar refractivity (Wildman–Crippen MR) is 42.2 cm³/mol. The smallest absolute Gasteiger partial charge is 0.279 e. The van der Waals surface area contributed by atoms with Crippen molar-refractivity contribution in [2.75, 3.05) is 0 Å². The molecule has 0 saturated heterocycles. The van der Waals surface area contributed by atoms with Crippen LogP contribution in [0.3, 0.4) is 0 Å². The molecule has 0 bridgehead atoms. The van der Waals surface area contributed by atoms with Gasteiger partial charge in [-0.25, -0.2) is 13.8 Å². The van der Waals surface area contributed by atoms with Gasteiger partial charge in [0.1, 0.15) is 5.82 Å². The molecule has 6 heteroatoms. The van der Waals surface area contributed by atoms with Crippen molar-refractivity contribution in [3.05, 3.63) is 29.7 Å². The van der Waals surface area contributed by atoms with E-state index < -0.39 is 11.6 Å². The van der Waals surface area contributed by atoms with Gasteiger partial charge in [0.2, 0.25) is 0 Å². The van der Waals surface area contributed by atoms with Crippen LogP contribution in [0.2, 0.25) is 0 Å². The molecule has 72 valence electrons. The molecule has 0 saturated carbocycles. The summed E-state index contributed by atoms with van der Waals surface area (Å²) in [5.74, 6) is -1.26. The average Bonchev–Trinajstić information content (AvgIpc) is 2.51. The van der Waals surface area contributed by atoms with Gasteiger partial charge in [0.05, 0.1) is 6.20 Å². The summed E-state index contributed by atoms with van der Waals surface area (Å²) in [5.41, 5.74) is -0.146. The Hall–Kier alpha value is -1.85. The van der Waals surface area contributed by atoms with E-state index in [9.17, 15) is 8.78 Å². The van der Waals surface area contributed by atoms with Crippen molar-refractivity contribution in [2.24, 2.45) is 0 Å². The van der Waals surface area contributed by atoms with E-state index in [1.807, 2.05) is 0 Å². The van der Waals surface area contributed by atoms with Crippen LogP contribution in [-0.4, -0.2) is 15.1 Å². The molecule has 0 aliphatic heterocycles. The van der Waals surface area contributed by atoms with Crippen LogP contribution >= 0.6 is 0 Å². The molecule has 14 heavy (non-hydrogen) atoms. The first-order valence-electron chi connectivity index (χ1n) is 3.78. The standard InChI is InChI=1S/C8H5F2N3O/c1-4-12-8(14-13-4)7-6(10)2-5(9)3-11-7/h2-3H,1H3. The van der Waals surface area contributed by atoms with E-state index in [4.69, 9.17) is 0 Å². The third-order valence-corrected chi connectivity index (χ3v) is 1.54. The summed E-state index contributed by atoms with van der Waals surface area (Å²) in [7, 11) is 0. The monoisotopic (exact) mass is 197 g/mol. The van der Waals surface area contributed by atoms with Gasteiger partial charge in [-0.1, -0.05) is 5.16 Å². The molecule has 0 spiro atoms. The normalized spacial score (nSPS) is 10.5. The number of aryl methyl sites for hydroxylation is 1. The lowest BCUT2D eigenvalue weighted by molar-refractivity contribution is 0.421. The SMILES string of the molecule is Cc1noc(-c2ncc(F)cc2F)n1. The summed E-state index contributed by atoms with van der Waals surface area (Å²) in [5, 5.41) is 3.47. The fourth-order valence-corrected chi connectivity index (χ4v) is 0.965. The van der Waals surface area contributed by atoms with Crippen LogP contribution in [0.4, 0.5) is 8.78 Å². The van der Waals surface area contributed by atoms with Crippen molar-refractivity contribution in [1.29, 1.82) is 0 Å². The first-order chi connectivity index (χ1) is 6.66. The maximum absolute atomic E-state index is 13.1. The fraction of sp³-hybridized carbons (Fsp3) is 0.125. The third kappa shape index (κ3) is 1.46. The number of nitrogens with zero attached hydrogens (tertiary/aromatic N) is 3. The minimum atomic E-state index is -0.825. The Morgan fingerprint density at radius 3 is 2.71 bits per heavy atom. The summed E-state index contributed by atoms with van der Waals surface area (Å²) < 4.78 is 30.3. The van der Waals surface area contributed by atoms with Crippen molar-refractivity contribution < 1.29 is 13.3 Å². The molecule has 2 heterocycles. The summed E-state index contributed by atoms with van der Waals surface area (Å²) in [4.78, 5) is 7.28. The van der Waals surface area contributed by atoms with E-state index in [1.54, 1.807) is 6.92 Å². The number of hydrogen-bond acceptors (Lipinski definition) is 4. The third-order valence-electron chi connectivity index (χ3n) is 1.54. The second-order valence-corrected chi connectivity index (χ2v) is 2.63. The highest BCUT2D eigenvalue weighted by molar-refractivity contribution is 5.46. The highest BCUT2D eigenvalue weighted by Gasteiger charge is 2.13. The van der Waals surface area contributed by atoms with Crippen LogP contribution < -0.4 is 0 Å². The molecule has 0 amide bonds. The predicted octanol–water partition coefficient (Wildman–Crippen LogP) is 1.72. The molecular weight excluding hydrogens is 192 g/mol. The first kappa shape index (κ1) is 8.74. The van der Waals surface area contributed by atoms with E-state index in [0.717, 1.165) is 6.20 Å². The van der Waals surface area contributed by atoms with E-state index in [0.29, 0.717) is 11.9 Å². The second kappa shape index (κ2) is 3.13. The topological polar surface area (TPSA) is 51.8 Å². The zero-order chi connectivity index (χ0) is 10.1. The largest absolute Gasteiger partial charge is 0.332 e. The van der Waals surface area contributed by atoms with Gasteiger partial charge in [0.25, 0.3) is 5.89 Å². The van der Waals surface area contributed by atoms with Crippen molar-refractivity contribution in [1.82, 2.24) is 15.1 Å². The molecule has 0 radical (unpaired) electrons. The van der Waals surface area contributed by atoms with E-state index >= 15 is 0 Å². The Bertz CT molecular complexity index is 469. The minimum absolute atomic E-state index is 0.0556. The van der Waals surface area contributed by atoms with Crippen LogP contribution in [0.15, 0.2) is 16.8 Å². The molecule has 0 atom stereocenters. The van der Waals surface area contributed by atoms with Crippen LogP contribution in [-0.2, 0) is 0 Å². The number of aromatic nitrogens is 3. The molecule has 2 aromatic rings. The molecule has 0 aliphatic rings. The molecule has 2 aromatic heterocycles. The Kier molecular flexibility index (Phi) is 1.95. The maximum atomic E-state index is 13.1. The van der Waals surface area contributed by atoms with Crippen LogP contribution in [0.5, 0.6) is 0 Å². The fourth-order valence-electron chi connectivity index (χ4n) is 0.965. The summed E-state index contributed by atoms with van der Waals surface area (Å²) in [6, 6.07) is 0.710. The molecule has 4 nitrogen and oxygen atoms in total. The Morgan fingerprint density at radius 1 is 1.36 bits per heavy atom. The van der Waals surface area contributed by atoms with Crippen LogP contribution in [0.25, 0.3) is 11.6 Å². The summed E-state index contributed by atoms with van der Waals surface area (Å²) in [6.45, 7) is 1.59. The molecule has 2 rings (SSSR count). The van der Waals surface area contributed by atoms with Gasteiger partial charge in [-0.05, 0) is 6.92 Å². The van der Waals surface area contributed by atoms with Crippen molar-refractivity contribution >= 4 is 0 Å². The number of halogens is 2. The van der Waals surface area contributed by atoms with Crippen LogP contribution in [0, 0.1) is 18.6 Å². The minimum Gasteiger partial charge on any atom is -0.332 e. The van der Waals surface area contributed by atoms with Crippen LogP contribution in [0.1, 0.15) is 5.82 Å². The summed E-state index contributed by atoms with van der Waals surface area (Å²) >= 11 is 0. The lowest BCUT2D eigenvalue weighted by Gasteiger charge is -1.94. The van der Waals surface area contributed by atoms with Gasteiger partial charge in [-0.15, -0.1) is 0 Å². The Balaban J connectivity index is 2.52. The van der Waals surface area contributed by atoms with Gasteiger partial charge in [0.15, 0.2) is 17.3 Å². The van der Waals surface area contributed by atoms with Gasteiger partial charge in [0, 0.05) is 6.07 Å². The molecule has 0 aromatic carbocycles. The van der Waals surface area contributed by atoms with E-state index in [2.05, 4.69) is 19.6 Å². The van der Waals surface area contributed by atoms with Crippen molar-refractivity contribution in [3.63, 3.8) is 0 Å². The zero-order valence-electron chi connectivity index (χ0n) is 7.16. The van der Waals surface area contributed by atoms with E-state index in [-0.39, 0.29) is 11.6 Å². The van der Waals surface area contributed by atoms with Gasteiger partial charge in [-0.2, -0.15) is 4.98 Å². The zero-order valence-corrected chi connectivity index (χ0v) is 7.16. The summed E-state index contributed by atoms with van der Waals surface area (Å²) in [6.07, 6.45) is 0.887. The van der Waals surface area contributed by atoms with Gasteiger partial charge in [-0.3, -0.25) is 0 Å². The Labute approximate surface area is 77.6 Å². The lowest BCUT2D eigenvalue weighted by Crippen LogP contribution is -1.91. The maximum Gasteiger partial charge on any atom is 0.279 e. The molecule has 0 N–H and O–H groups in total. The van der Waals surface area contributed by atoms with Crippen molar-refractivity contribution in [3.8, 4) is 11.6 Å². The van der Waals surface area contributed by atoms with Gasteiger partial charge >= 0.3 is 0 Å². The molecule has 0 unspecified atom stereocenters. The average molecular weight is 197 g/mol. The van der Waals surface area contributed by atoms with Crippen molar-refractivity contribution in [2.45, 2.75) is 6.92 Å². The first-order valence-corrected chi connectivity index (χ1v) is 3.78. The Morgan fingerprint density at radius 2 is 2.14 bits per heavy atom. The molecule has 0 aliphatic carbocycles. The molecule has 0 fully saturated rings. The number of rotatable bonds is 1. The lowest BCUT2D eigenvalue weighted by atomic mass is 10.3. The highest BCUT2D eigenvalue weighted by Crippen LogP contribution is 2.18. The quantitative estimate of drug-likeness (QED) is 0.698. The number of pyridine rings is 1. The number of hydrogen-bond donors (Lipinski definition) is 0.